The fourth-order valence-electron chi connectivity index (χ4n) is 6.49. The highest BCUT2D eigenvalue weighted by atomic mass is 16.3. The van der Waals surface area contributed by atoms with E-state index in [0.29, 0.717) is 0 Å². The van der Waals surface area contributed by atoms with Crippen molar-refractivity contribution in [1.29, 1.82) is 0 Å². The number of benzene rings is 3. The second-order valence-corrected chi connectivity index (χ2v) is 11.9. The maximum Gasteiger partial charge on any atom is 0.142 e. The molecule has 0 saturated heterocycles. The molecule has 0 unspecified atom stereocenters. The molecule has 1 heteroatoms. The van der Waals surface area contributed by atoms with Gasteiger partial charge in [-0.15, -0.1) is 0 Å². The van der Waals surface area contributed by atoms with Crippen molar-refractivity contribution in [3.05, 3.63) is 149 Å². The van der Waals surface area contributed by atoms with Gasteiger partial charge < -0.3 is 4.42 Å². The van der Waals surface area contributed by atoms with Gasteiger partial charge in [-0.3, -0.25) is 0 Å². The fraction of sp³-hybridized carbons (Fsp3) is 0.256. The molecule has 0 N–H and O–H groups in total. The van der Waals surface area contributed by atoms with Crippen LogP contribution < -0.4 is 0 Å². The number of hydrogen-bond donors (Lipinski definition) is 0. The summed E-state index contributed by atoms with van der Waals surface area (Å²) in [6.07, 6.45) is 11.2. The Morgan fingerprint density at radius 2 is 1.27 bits per heavy atom. The van der Waals surface area contributed by atoms with E-state index in [9.17, 15) is 0 Å². The zero-order valence-electron chi connectivity index (χ0n) is 28.0. The first-order valence-electron chi connectivity index (χ1n) is 16.0. The Balaban J connectivity index is 0.00000106. The summed E-state index contributed by atoms with van der Waals surface area (Å²) in [6, 6.07) is 24.1. The molecule has 2 aliphatic rings. The van der Waals surface area contributed by atoms with E-state index in [4.69, 9.17) is 4.42 Å². The number of allylic oxidation sites excluding steroid dienone is 5. The van der Waals surface area contributed by atoms with Crippen LogP contribution in [0.25, 0.3) is 40.2 Å². The molecule has 0 bridgehead atoms. The maximum absolute atomic E-state index is 6.79. The van der Waals surface area contributed by atoms with Crippen molar-refractivity contribution in [3.8, 4) is 22.5 Å². The molecule has 1 aromatic heterocycles. The second kappa shape index (κ2) is 13.1. The largest absolute Gasteiger partial charge is 0.455 e. The minimum atomic E-state index is -0.223. The average molecular weight is 581 g/mol. The molecule has 1 heterocycles. The molecule has 2 aliphatic carbocycles. The van der Waals surface area contributed by atoms with Gasteiger partial charge in [0.15, 0.2) is 0 Å². The van der Waals surface area contributed by atoms with Gasteiger partial charge in [0.1, 0.15) is 11.5 Å². The van der Waals surface area contributed by atoms with E-state index in [0.717, 1.165) is 45.8 Å². The third kappa shape index (κ3) is 5.41. The smallest absolute Gasteiger partial charge is 0.142 e. The number of fused-ring (bicyclic) bond motifs is 4. The maximum atomic E-state index is 6.79. The van der Waals surface area contributed by atoms with Gasteiger partial charge >= 0.3 is 0 Å². The highest BCUT2D eigenvalue weighted by Gasteiger charge is 2.36. The van der Waals surface area contributed by atoms with Crippen molar-refractivity contribution in [2.75, 3.05) is 0 Å². The molecule has 226 valence electrons. The normalized spacial score (nSPS) is 17.3. The summed E-state index contributed by atoms with van der Waals surface area (Å²) in [5.74, 6) is 1.61. The van der Waals surface area contributed by atoms with Gasteiger partial charge in [0.2, 0.25) is 0 Å². The Morgan fingerprint density at radius 1 is 0.682 bits per heavy atom. The monoisotopic (exact) mass is 580 g/mol. The van der Waals surface area contributed by atoms with Crippen molar-refractivity contribution in [2.24, 2.45) is 0 Å². The quantitative estimate of drug-likeness (QED) is 0.234. The van der Waals surface area contributed by atoms with E-state index in [1.54, 1.807) is 0 Å². The minimum absolute atomic E-state index is 0.0889. The zero-order chi connectivity index (χ0) is 32.2. The van der Waals surface area contributed by atoms with E-state index in [2.05, 4.69) is 132 Å². The van der Waals surface area contributed by atoms with Crippen LogP contribution >= 0.6 is 0 Å². The number of hydrogen-bond acceptors (Lipinski definition) is 1. The predicted octanol–water partition coefficient (Wildman–Crippen LogP) is 12.6. The third-order valence-corrected chi connectivity index (χ3v) is 8.96. The van der Waals surface area contributed by atoms with Gasteiger partial charge in [0, 0.05) is 33.1 Å². The van der Waals surface area contributed by atoms with Crippen LogP contribution in [0.4, 0.5) is 0 Å². The van der Waals surface area contributed by atoms with Crippen molar-refractivity contribution in [1.82, 2.24) is 0 Å². The summed E-state index contributed by atoms with van der Waals surface area (Å²) in [7, 11) is 0. The Labute approximate surface area is 266 Å². The predicted molar refractivity (Wildman–Crippen MR) is 194 cm³/mol. The van der Waals surface area contributed by atoms with E-state index in [1.807, 2.05) is 39.8 Å². The van der Waals surface area contributed by atoms with E-state index in [-0.39, 0.29) is 10.8 Å². The van der Waals surface area contributed by atoms with Gasteiger partial charge in [0.05, 0.1) is 0 Å². The summed E-state index contributed by atoms with van der Waals surface area (Å²) >= 11 is 0. The molecule has 0 fully saturated rings. The first kappa shape index (κ1) is 32.6. The zero-order valence-corrected chi connectivity index (χ0v) is 28.0. The van der Waals surface area contributed by atoms with Gasteiger partial charge in [-0.25, -0.2) is 0 Å². The molecule has 44 heavy (non-hydrogen) atoms. The lowest BCUT2D eigenvalue weighted by Crippen LogP contribution is -2.20. The van der Waals surface area contributed by atoms with Crippen molar-refractivity contribution in [3.63, 3.8) is 0 Å². The first-order valence-corrected chi connectivity index (χ1v) is 16.0. The Hall–Kier alpha value is -4.36. The molecule has 3 aromatic carbocycles. The SMILES string of the molecule is C=Cc1c(C2=C/C(=C)C(C)(C)c3ccccc3C/C=C\2)oc(-c2ccc3c(c2)C(C)(C)c2ccccc2-3)c1C=C.CC.CC. The highest BCUT2D eigenvalue weighted by molar-refractivity contribution is 5.89. The lowest BCUT2D eigenvalue weighted by molar-refractivity contribution is 0.567. The third-order valence-electron chi connectivity index (χ3n) is 8.96. The van der Waals surface area contributed by atoms with Crippen molar-refractivity contribution < 1.29 is 4.42 Å². The van der Waals surface area contributed by atoms with Crippen molar-refractivity contribution >= 4 is 17.7 Å². The number of furan rings is 1. The van der Waals surface area contributed by atoms with Crippen LogP contribution in [0.2, 0.25) is 0 Å². The summed E-state index contributed by atoms with van der Waals surface area (Å²) in [6.45, 7) is 30.0. The van der Waals surface area contributed by atoms with Gasteiger partial charge in [0.25, 0.3) is 0 Å². The average Bonchev–Trinajstić information content (AvgIpc) is 3.55. The molecule has 0 amide bonds. The fourth-order valence-corrected chi connectivity index (χ4v) is 6.49. The summed E-state index contributed by atoms with van der Waals surface area (Å²) in [5, 5.41) is 0. The molecule has 0 aliphatic heterocycles. The molecular weight excluding hydrogens is 532 g/mol. The summed E-state index contributed by atoms with van der Waals surface area (Å²) in [4.78, 5) is 0. The summed E-state index contributed by atoms with van der Waals surface area (Å²) < 4.78 is 6.79. The lowest BCUT2D eigenvalue weighted by Gasteiger charge is -2.28. The van der Waals surface area contributed by atoms with E-state index < -0.39 is 0 Å². The van der Waals surface area contributed by atoms with Crippen LogP contribution in [0.15, 0.2) is 115 Å². The van der Waals surface area contributed by atoms with Crippen LogP contribution in [0.3, 0.4) is 0 Å². The van der Waals surface area contributed by atoms with Crippen molar-refractivity contribution in [2.45, 2.75) is 72.6 Å². The van der Waals surface area contributed by atoms with Crippen LogP contribution in [-0.4, -0.2) is 0 Å². The van der Waals surface area contributed by atoms with Crippen LogP contribution in [0.5, 0.6) is 0 Å². The first-order chi connectivity index (χ1) is 21.2. The standard InChI is InChI=1S/C39H36O.2C2H6/c1-8-29-30(9-2)37(28-21-22-32-31-18-11-13-20-34(31)39(6,7)35(32)24-28)40-36(29)27-17-14-16-26-15-10-12-19-33(26)38(4,5)25(3)23-27;2*1-2/h8-15,17-24H,1-3,16H2,4-7H3;2*1-2H3/b17-14-,27-23+;;. The van der Waals surface area contributed by atoms with Crippen LogP contribution in [-0.2, 0) is 17.3 Å². The van der Waals surface area contributed by atoms with E-state index in [1.165, 1.54) is 33.4 Å². The molecule has 1 nitrogen and oxygen atoms in total. The molecule has 6 rings (SSSR count). The Kier molecular flexibility index (Phi) is 9.69. The molecule has 0 spiro atoms. The molecule has 4 aromatic rings. The van der Waals surface area contributed by atoms with Gasteiger partial charge in [-0.2, -0.15) is 0 Å². The van der Waals surface area contributed by atoms with Gasteiger partial charge in [-0.1, -0.05) is 160 Å². The molecule has 0 atom stereocenters. The van der Waals surface area contributed by atoms with E-state index >= 15 is 0 Å². The molecule has 0 saturated carbocycles. The Bertz CT molecular complexity index is 1760. The highest BCUT2D eigenvalue weighted by Crippen LogP contribution is 2.50. The Morgan fingerprint density at radius 3 is 1.95 bits per heavy atom. The molecular formula is C43H48O. The molecule has 0 radical (unpaired) electrons. The summed E-state index contributed by atoms with van der Waals surface area (Å²) in [5.41, 5.74) is 12.6. The van der Waals surface area contributed by atoms with Crippen LogP contribution in [0, 0.1) is 0 Å². The minimum Gasteiger partial charge on any atom is -0.455 e. The van der Waals surface area contributed by atoms with Gasteiger partial charge in [-0.05, 0) is 57.5 Å². The lowest BCUT2D eigenvalue weighted by atomic mass is 9.75. The second-order valence-electron chi connectivity index (χ2n) is 11.9. The number of rotatable bonds is 4. The topological polar surface area (TPSA) is 13.1 Å². The van der Waals surface area contributed by atoms with Crippen LogP contribution in [0.1, 0.15) is 94.5 Å².